The highest BCUT2D eigenvalue weighted by molar-refractivity contribution is 5.79. The Morgan fingerprint density at radius 2 is 1.75 bits per heavy atom. The number of amides is 1. The summed E-state index contributed by atoms with van der Waals surface area (Å²) in [4.78, 5) is 11.1. The predicted molar refractivity (Wildman–Crippen MR) is 66.1 cm³/mol. The zero-order valence-corrected chi connectivity index (χ0v) is 11.0. The molecule has 0 heterocycles. The summed E-state index contributed by atoms with van der Waals surface area (Å²) in [5.74, 6) is 0.349. The van der Waals surface area contributed by atoms with Crippen LogP contribution in [0.4, 0.5) is 0 Å². The van der Waals surface area contributed by atoms with E-state index in [0.717, 1.165) is 13.0 Å². The van der Waals surface area contributed by atoms with E-state index in [9.17, 15) is 4.79 Å². The molecule has 4 nitrogen and oxygen atoms in total. The van der Waals surface area contributed by atoms with E-state index < -0.39 is 0 Å². The number of primary amides is 1. The van der Waals surface area contributed by atoms with Gasteiger partial charge in [-0.25, -0.2) is 0 Å². The maximum absolute atomic E-state index is 11.1. The molecule has 0 saturated heterocycles. The van der Waals surface area contributed by atoms with Gasteiger partial charge in [0.05, 0.1) is 6.04 Å². The number of rotatable bonds is 9. The second-order valence-electron chi connectivity index (χ2n) is 4.86. The topological polar surface area (TPSA) is 64.3 Å². The van der Waals surface area contributed by atoms with Crippen LogP contribution >= 0.6 is 0 Å². The molecule has 0 rings (SSSR count). The third-order valence-corrected chi connectivity index (χ3v) is 2.27. The molecule has 0 bridgehead atoms. The van der Waals surface area contributed by atoms with Crippen molar-refractivity contribution in [2.75, 3.05) is 13.2 Å². The van der Waals surface area contributed by atoms with Crippen molar-refractivity contribution in [2.45, 2.75) is 52.6 Å². The molecule has 0 aromatic carbocycles. The third-order valence-electron chi connectivity index (χ3n) is 2.27. The van der Waals surface area contributed by atoms with Crippen molar-refractivity contribution in [1.82, 2.24) is 5.32 Å². The van der Waals surface area contributed by atoms with Crippen molar-refractivity contribution in [3.05, 3.63) is 0 Å². The minimum atomic E-state index is -0.304. The van der Waals surface area contributed by atoms with E-state index in [1.54, 1.807) is 0 Å². The van der Waals surface area contributed by atoms with Gasteiger partial charge in [-0.3, -0.25) is 4.79 Å². The lowest BCUT2D eigenvalue weighted by Crippen LogP contribution is -2.45. The molecule has 0 aliphatic heterocycles. The van der Waals surface area contributed by atoms with E-state index >= 15 is 0 Å². The Hall–Kier alpha value is -0.610. The van der Waals surface area contributed by atoms with Crippen LogP contribution in [-0.4, -0.2) is 31.2 Å². The van der Waals surface area contributed by atoms with Crippen LogP contribution in [-0.2, 0) is 9.53 Å². The van der Waals surface area contributed by atoms with Gasteiger partial charge in [-0.2, -0.15) is 0 Å². The molecule has 1 unspecified atom stereocenters. The third kappa shape index (κ3) is 8.68. The standard InChI is InChI=1S/C12H26N2O2/c1-9(2)5-7-16-8-6-11(12(13)15)14-10(3)4/h9-11,14H,5-8H2,1-4H3,(H2,13,15). The SMILES string of the molecule is CC(C)CCOCCC(NC(C)C)C(N)=O. The Balaban J connectivity index is 3.64. The van der Waals surface area contributed by atoms with Gasteiger partial charge in [-0.05, 0) is 18.8 Å². The molecule has 3 N–H and O–H groups in total. The van der Waals surface area contributed by atoms with Crippen LogP contribution in [0.15, 0.2) is 0 Å². The van der Waals surface area contributed by atoms with Gasteiger partial charge in [0.15, 0.2) is 0 Å². The highest BCUT2D eigenvalue weighted by Gasteiger charge is 2.15. The average Bonchev–Trinajstić information content (AvgIpc) is 2.14. The van der Waals surface area contributed by atoms with Crippen molar-refractivity contribution in [2.24, 2.45) is 11.7 Å². The molecule has 4 heteroatoms. The monoisotopic (exact) mass is 230 g/mol. The zero-order chi connectivity index (χ0) is 12.6. The molecule has 1 amide bonds. The maximum Gasteiger partial charge on any atom is 0.234 e. The highest BCUT2D eigenvalue weighted by Crippen LogP contribution is 2.00. The van der Waals surface area contributed by atoms with Crippen LogP contribution in [0.1, 0.15) is 40.5 Å². The number of nitrogens with one attached hydrogen (secondary N) is 1. The lowest BCUT2D eigenvalue weighted by atomic mass is 10.1. The van der Waals surface area contributed by atoms with Gasteiger partial charge in [0.25, 0.3) is 0 Å². The first-order chi connectivity index (χ1) is 7.43. The van der Waals surface area contributed by atoms with E-state index in [2.05, 4.69) is 19.2 Å². The fourth-order valence-corrected chi connectivity index (χ4v) is 1.33. The fourth-order valence-electron chi connectivity index (χ4n) is 1.33. The molecular formula is C12H26N2O2. The molecule has 0 aromatic heterocycles. The molecule has 16 heavy (non-hydrogen) atoms. The Morgan fingerprint density at radius 3 is 2.19 bits per heavy atom. The molecule has 1 atom stereocenters. The van der Waals surface area contributed by atoms with Crippen LogP contribution in [0.5, 0.6) is 0 Å². The first kappa shape index (κ1) is 15.4. The first-order valence-electron chi connectivity index (χ1n) is 6.06. The summed E-state index contributed by atoms with van der Waals surface area (Å²) < 4.78 is 5.46. The van der Waals surface area contributed by atoms with Crippen molar-refractivity contribution < 1.29 is 9.53 Å². The molecule has 0 spiro atoms. The van der Waals surface area contributed by atoms with Gasteiger partial charge >= 0.3 is 0 Å². The predicted octanol–water partition coefficient (Wildman–Crippen LogP) is 1.29. The van der Waals surface area contributed by atoms with E-state index in [1.165, 1.54) is 0 Å². The minimum Gasteiger partial charge on any atom is -0.381 e. The molecule has 0 radical (unpaired) electrons. The summed E-state index contributed by atoms with van der Waals surface area (Å²) in [7, 11) is 0. The van der Waals surface area contributed by atoms with Gasteiger partial charge in [0.1, 0.15) is 0 Å². The van der Waals surface area contributed by atoms with Crippen molar-refractivity contribution in [1.29, 1.82) is 0 Å². The number of hydrogen-bond acceptors (Lipinski definition) is 3. The lowest BCUT2D eigenvalue weighted by molar-refractivity contribution is -0.120. The Kier molecular flexibility index (Phi) is 8.21. The molecule has 0 aliphatic rings. The number of nitrogens with two attached hydrogens (primary N) is 1. The quantitative estimate of drug-likeness (QED) is 0.587. The van der Waals surface area contributed by atoms with Crippen molar-refractivity contribution in [3.8, 4) is 0 Å². The summed E-state index contributed by atoms with van der Waals surface area (Å²) in [6.07, 6.45) is 1.70. The van der Waals surface area contributed by atoms with Gasteiger partial charge in [0.2, 0.25) is 5.91 Å². The van der Waals surface area contributed by atoms with Crippen LogP contribution < -0.4 is 11.1 Å². The number of carbonyl (C=O) groups is 1. The Labute approximate surface area is 98.9 Å². The number of hydrogen-bond donors (Lipinski definition) is 2. The van der Waals surface area contributed by atoms with Crippen LogP contribution in [0.3, 0.4) is 0 Å². The van der Waals surface area contributed by atoms with Crippen LogP contribution in [0, 0.1) is 5.92 Å². The van der Waals surface area contributed by atoms with Gasteiger partial charge < -0.3 is 15.8 Å². The average molecular weight is 230 g/mol. The smallest absolute Gasteiger partial charge is 0.234 e. The zero-order valence-electron chi connectivity index (χ0n) is 11.0. The van der Waals surface area contributed by atoms with Gasteiger partial charge in [-0.15, -0.1) is 0 Å². The van der Waals surface area contributed by atoms with E-state index in [1.807, 2.05) is 13.8 Å². The molecule has 0 aromatic rings. The largest absolute Gasteiger partial charge is 0.381 e. The fraction of sp³-hybridized carbons (Fsp3) is 0.917. The molecule has 0 saturated carbocycles. The first-order valence-corrected chi connectivity index (χ1v) is 6.06. The van der Waals surface area contributed by atoms with E-state index in [-0.39, 0.29) is 18.0 Å². The second-order valence-corrected chi connectivity index (χ2v) is 4.86. The second kappa shape index (κ2) is 8.53. The molecule has 0 aliphatic carbocycles. The maximum atomic E-state index is 11.1. The summed E-state index contributed by atoms with van der Waals surface area (Å²) in [6.45, 7) is 9.65. The summed E-state index contributed by atoms with van der Waals surface area (Å²) in [5, 5.41) is 3.12. The van der Waals surface area contributed by atoms with Gasteiger partial charge in [0, 0.05) is 19.3 Å². The summed E-state index contributed by atoms with van der Waals surface area (Å²) >= 11 is 0. The van der Waals surface area contributed by atoms with E-state index in [4.69, 9.17) is 10.5 Å². The molecule has 0 fully saturated rings. The van der Waals surface area contributed by atoms with Gasteiger partial charge in [-0.1, -0.05) is 27.7 Å². The van der Waals surface area contributed by atoms with Crippen molar-refractivity contribution >= 4 is 5.91 Å². The lowest BCUT2D eigenvalue weighted by Gasteiger charge is -2.18. The van der Waals surface area contributed by atoms with Crippen molar-refractivity contribution in [3.63, 3.8) is 0 Å². The molecular weight excluding hydrogens is 204 g/mol. The Bertz CT molecular complexity index is 193. The van der Waals surface area contributed by atoms with E-state index in [0.29, 0.717) is 18.9 Å². The normalized spacial score (nSPS) is 13.4. The minimum absolute atomic E-state index is 0.258. The number of carbonyl (C=O) groups excluding carboxylic acids is 1. The number of ether oxygens (including phenoxy) is 1. The highest BCUT2D eigenvalue weighted by atomic mass is 16.5. The Morgan fingerprint density at radius 1 is 1.19 bits per heavy atom. The molecule has 96 valence electrons. The van der Waals surface area contributed by atoms with Crippen LogP contribution in [0.2, 0.25) is 0 Å². The van der Waals surface area contributed by atoms with Crippen LogP contribution in [0.25, 0.3) is 0 Å². The summed E-state index contributed by atoms with van der Waals surface area (Å²) in [5.41, 5.74) is 5.29. The summed E-state index contributed by atoms with van der Waals surface area (Å²) in [6, 6.07) is -0.0211.